The first-order chi connectivity index (χ1) is 17.2. The average molecular weight is 531 g/mol. The van der Waals surface area contributed by atoms with Crippen LogP contribution in [0.5, 0.6) is 11.5 Å². The Balaban J connectivity index is 1.65. The normalized spacial score (nSPS) is 10.5. The van der Waals surface area contributed by atoms with Gasteiger partial charge in [-0.1, -0.05) is 41.4 Å². The van der Waals surface area contributed by atoms with E-state index in [-0.39, 0.29) is 32.8 Å². The van der Waals surface area contributed by atoms with Crippen molar-refractivity contribution in [2.24, 2.45) is 5.10 Å². The van der Waals surface area contributed by atoms with Crippen molar-refractivity contribution >= 4 is 58.6 Å². The Morgan fingerprint density at radius 1 is 1.00 bits per heavy atom. The molecular formula is C23H16Cl2N4O7. The van der Waals surface area contributed by atoms with E-state index in [2.05, 4.69) is 15.8 Å². The number of carbonyl (C=O) groups excluding carboxylic acids is 3. The molecule has 3 aromatic carbocycles. The molecule has 0 saturated carbocycles. The van der Waals surface area contributed by atoms with E-state index in [1.54, 1.807) is 6.07 Å². The molecule has 13 heteroatoms. The lowest BCUT2D eigenvalue weighted by Gasteiger charge is -2.10. The molecule has 0 radical (unpaired) electrons. The predicted molar refractivity (Wildman–Crippen MR) is 132 cm³/mol. The third-order valence-electron chi connectivity index (χ3n) is 4.50. The van der Waals surface area contributed by atoms with Gasteiger partial charge in [0.05, 0.1) is 34.0 Å². The van der Waals surface area contributed by atoms with Gasteiger partial charge in [0.2, 0.25) is 0 Å². The molecule has 0 unspecified atom stereocenters. The average Bonchev–Trinajstić information content (AvgIpc) is 2.87. The van der Waals surface area contributed by atoms with E-state index in [0.29, 0.717) is 5.56 Å². The van der Waals surface area contributed by atoms with Gasteiger partial charge in [0, 0.05) is 6.07 Å². The molecule has 0 spiro atoms. The van der Waals surface area contributed by atoms with Crippen molar-refractivity contribution in [1.29, 1.82) is 0 Å². The highest BCUT2D eigenvalue weighted by molar-refractivity contribution is 6.45. The van der Waals surface area contributed by atoms with Crippen molar-refractivity contribution in [2.45, 2.75) is 0 Å². The van der Waals surface area contributed by atoms with Crippen molar-refractivity contribution in [3.8, 4) is 11.5 Å². The summed E-state index contributed by atoms with van der Waals surface area (Å²) in [7, 11) is 1.33. The number of hydrogen-bond donors (Lipinski definition) is 2. The van der Waals surface area contributed by atoms with E-state index in [1.807, 2.05) is 0 Å². The minimum Gasteiger partial charge on any atom is -0.493 e. The maximum atomic E-state index is 12.5. The summed E-state index contributed by atoms with van der Waals surface area (Å²) in [5.74, 6) is -2.92. The van der Waals surface area contributed by atoms with Crippen LogP contribution in [0.4, 0.5) is 11.4 Å². The molecule has 2 amide bonds. The van der Waals surface area contributed by atoms with Crippen LogP contribution in [-0.4, -0.2) is 36.0 Å². The molecule has 0 heterocycles. The van der Waals surface area contributed by atoms with E-state index in [1.165, 1.54) is 67.9 Å². The fraction of sp³-hybridized carbons (Fsp3) is 0.0435. The Hall–Kier alpha value is -4.48. The second kappa shape index (κ2) is 11.8. The standard InChI is InChI=1S/C23H16Cl2N4O7/c1-35-19-11-13(9-10-18(19)36-23(32)14-5-2-3-8-17(14)29(33)34)12-26-28-22(31)21(30)27-16-7-4-6-15(24)20(16)25/h2-12H,1H3,(H,27,30)(H,28,31)/b26-12+. The monoisotopic (exact) mass is 530 g/mol. The molecule has 0 aliphatic heterocycles. The lowest BCUT2D eigenvalue weighted by molar-refractivity contribution is -0.385. The minimum atomic E-state index is -1.07. The van der Waals surface area contributed by atoms with Crippen molar-refractivity contribution in [1.82, 2.24) is 5.43 Å². The van der Waals surface area contributed by atoms with Crippen molar-refractivity contribution < 1.29 is 28.8 Å². The number of hydrogen-bond acceptors (Lipinski definition) is 8. The predicted octanol–water partition coefficient (Wildman–Crippen LogP) is 4.22. The number of para-hydroxylation sites is 1. The lowest BCUT2D eigenvalue weighted by atomic mass is 10.2. The number of rotatable bonds is 7. The van der Waals surface area contributed by atoms with Crippen LogP contribution in [0.1, 0.15) is 15.9 Å². The zero-order valence-corrected chi connectivity index (χ0v) is 19.9. The van der Waals surface area contributed by atoms with Gasteiger partial charge < -0.3 is 14.8 Å². The van der Waals surface area contributed by atoms with Crippen molar-refractivity contribution in [3.05, 3.63) is 92.0 Å². The number of esters is 1. The number of nitro groups is 1. The molecular weight excluding hydrogens is 515 g/mol. The zero-order chi connectivity index (χ0) is 26.2. The van der Waals surface area contributed by atoms with Gasteiger partial charge in [-0.25, -0.2) is 10.2 Å². The molecule has 0 fully saturated rings. The number of hydrazone groups is 1. The molecule has 2 N–H and O–H groups in total. The van der Waals surface area contributed by atoms with Crippen LogP contribution in [0.3, 0.4) is 0 Å². The van der Waals surface area contributed by atoms with Crippen molar-refractivity contribution in [3.63, 3.8) is 0 Å². The van der Waals surface area contributed by atoms with Crippen LogP contribution in [0.15, 0.2) is 65.8 Å². The van der Waals surface area contributed by atoms with Gasteiger partial charge in [0.1, 0.15) is 5.56 Å². The number of anilines is 1. The molecule has 184 valence electrons. The Labute approximate surface area is 213 Å². The molecule has 36 heavy (non-hydrogen) atoms. The molecule has 3 aromatic rings. The van der Waals surface area contributed by atoms with Crippen LogP contribution in [0, 0.1) is 10.1 Å². The van der Waals surface area contributed by atoms with Gasteiger partial charge in [-0.2, -0.15) is 5.10 Å². The van der Waals surface area contributed by atoms with E-state index < -0.39 is 28.4 Å². The highest BCUT2D eigenvalue weighted by Crippen LogP contribution is 2.30. The minimum absolute atomic E-state index is 0.000357. The number of benzene rings is 3. The summed E-state index contributed by atoms with van der Waals surface area (Å²) in [6.07, 6.45) is 1.22. The first-order valence-corrected chi connectivity index (χ1v) is 10.7. The van der Waals surface area contributed by atoms with Gasteiger partial charge >= 0.3 is 17.8 Å². The SMILES string of the molecule is COc1cc(/C=N/NC(=O)C(=O)Nc2cccc(Cl)c2Cl)ccc1OC(=O)c1ccccc1[N+](=O)[O-]. The molecule has 0 aliphatic rings. The topological polar surface area (TPSA) is 149 Å². The number of methoxy groups -OCH3 is 1. The Morgan fingerprint density at radius 2 is 1.75 bits per heavy atom. The number of halogens is 2. The van der Waals surface area contributed by atoms with Gasteiger partial charge in [0.25, 0.3) is 5.69 Å². The summed E-state index contributed by atoms with van der Waals surface area (Å²) < 4.78 is 10.5. The summed E-state index contributed by atoms with van der Waals surface area (Å²) in [6.45, 7) is 0. The van der Waals surface area contributed by atoms with E-state index >= 15 is 0 Å². The van der Waals surface area contributed by atoms with E-state index in [4.69, 9.17) is 32.7 Å². The maximum absolute atomic E-state index is 12.5. The second-order valence-electron chi connectivity index (χ2n) is 6.83. The maximum Gasteiger partial charge on any atom is 0.350 e. The summed E-state index contributed by atoms with van der Waals surface area (Å²) in [5.41, 5.74) is 2.00. The molecule has 0 aliphatic carbocycles. The molecule has 11 nitrogen and oxygen atoms in total. The van der Waals surface area contributed by atoms with Gasteiger partial charge in [0.15, 0.2) is 11.5 Å². The summed E-state index contributed by atoms with van der Waals surface area (Å²) in [5, 5.41) is 17.5. The number of nitrogens with one attached hydrogen (secondary N) is 2. The Kier molecular flexibility index (Phi) is 8.55. The fourth-order valence-corrected chi connectivity index (χ4v) is 3.15. The lowest BCUT2D eigenvalue weighted by Crippen LogP contribution is -2.32. The first-order valence-electron chi connectivity index (χ1n) is 9.93. The second-order valence-corrected chi connectivity index (χ2v) is 7.61. The van der Waals surface area contributed by atoms with E-state index in [0.717, 1.165) is 0 Å². The van der Waals surface area contributed by atoms with Crippen LogP contribution in [-0.2, 0) is 9.59 Å². The largest absolute Gasteiger partial charge is 0.493 e. The Bertz CT molecular complexity index is 1380. The quantitative estimate of drug-likeness (QED) is 0.116. The van der Waals surface area contributed by atoms with Crippen LogP contribution in [0.2, 0.25) is 10.0 Å². The molecule has 0 atom stereocenters. The summed E-state index contributed by atoms with van der Waals surface area (Å²) in [6, 6.07) is 14.2. The van der Waals surface area contributed by atoms with Gasteiger partial charge in [-0.15, -0.1) is 0 Å². The summed E-state index contributed by atoms with van der Waals surface area (Å²) >= 11 is 11.8. The fourth-order valence-electron chi connectivity index (χ4n) is 2.80. The number of nitrogens with zero attached hydrogens (tertiary/aromatic N) is 2. The number of carbonyl (C=O) groups is 3. The van der Waals surface area contributed by atoms with Crippen LogP contribution in [0.25, 0.3) is 0 Å². The number of nitro benzene ring substituents is 1. The smallest absolute Gasteiger partial charge is 0.350 e. The highest BCUT2D eigenvalue weighted by Gasteiger charge is 2.22. The van der Waals surface area contributed by atoms with Gasteiger partial charge in [-0.05, 0) is 42.0 Å². The molecule has 0 aromatic heterocycles. The third-order valence-corrected chi connectivity index (χ3v) is 5.32. The van der Waals surface area contributed by atoms with Crippen LogP contribution >= 0.6 is 23.2 Å². The highest BCUT2D eigenvalue weighted by atomic mass is 35.5. The van der Waals surface area contributed by atoms with Gasteiger partial charge in [-0.3, -0.25) is 19.7 Å². The third kappa shape index (κ3) is 6.34. The Morgan fingerprint density at radius 3 is 2.47 bits per heavy atom. The van der Waals surface area contributed by atoms with Crippen molar-refractivity contribution in [2.75, 3.05) is 12.4 Å². The first kappa shape index (κ1) is 26.1. The number of amides is 2. The molecule has 0 saturated heterocycles. The summed E-state index contributed by atoms with van der Waals surface area (Å²) in [4.78, 5) is 47.0. The van der Waals surface area contributed by atoms with Crippen LogP contribution < -0.4 is 20.2 Å². The molecule has 0 bridgehead atoms. The molecule has 3 rings (SSSR count). The zero-order valence-electron chi connectivity index (χ0n) is 18.4. The number of ether oxygens (including phenoxy) is 2. The van der Waals surface area contributed by atoms with E-state index in [9.17, 15) is 24.5 Å².